The van der Waals surface area contributed by atoms with Gasteiger partial charge in [-0.3, -0.25) is 19.8 Å². The number of ether oxygens (including phenoxy) is 1. The van der Waals surface area contributed by atoms with E-state index in [1.54, 1.807) is 18.2 Å². The summed E-state index contributed by atoms with van der Waals surface area (Å²) >= 11 is 5.07. The van der Waals surface area contributed by atoms with Crippen molar-refractivity contribution >= 4 is 46.9 Å². The fraction of sp³-hybridized carbons (Fsp3) is 0.0526. The minimum Gasteiger partial charge on any atom is -0.481 e. The summed E-state index contributed by atoms with van der Waals surface area (Å²) in [4.78, 5) is 37.0. The molecule has 2 aromatic rings. The number of rotatable bonds is 5. The molecule has 0 radical (unpaired) electrons. The van der Waals surface area contributed by atoms with E-state index in [2.05, 4.69) is 5.32 Å². The lowest BCUT2D eigenvalue weighted by atomic mass is 10.1. The highest BCUT2D eigenvalue weighted by molar-refractivity contribution is 7.80. The van der Waals surface area contributed by atoms with Gasteiger partial charge < -0.3 is 9.84 Å². The molecular formula is C19H13FN2O5S. The summed E-state index contributed by atoms with van der Waals surface area (Å²) in [5.74, 6) is -2.86. The Labute approximate surface area is 164 Å². The molecule has 0 bridgehead atoms. The second kappa shape index (κ2) is 7.97. The van der Waals surface area contributed by atoms with Crippen LogP contribution in [0.15, 0.2) is 54.1 Å². The van der Waals surface area contributed by atoms with Gasteiger partial charge in [0.1, 0.15) is 17.1 Å². The van der Waals surface area contributed by atoms with E-state index in [9.17, 15) is 18.8 Å². The summed E-state index contributed by atoms with van der Waals surface area (Å²) in [5, 5.41) is 11.1. The molecule has 0 unspecified atom stereocenters. The SMILES string of the molecule is O=C(O)COc1ccccc1/C=C1/C(=O)NC(=S)N(c2ccc(F)cc2)C1=O. The van der Waals surface area contributed by atoms with E-state index in [-0.39, 0.29) is 22.1 Å². The minimum absolute atomic E-state index is 0.130. The number of amides is 2. The topological polar surface area (TPSA) is 95.9 Å². The number of carboxylic acids is 1. The molecule has 1 aliphatic rings. The van der Waals surface area contributed by atoms with Gasteiger partial charge in [-0.1, -0.05) is 18.2 Å². The van der Waals surface area contributed by atoms with E-state index in [1.165, 1.54) is 36.4 Å². The first-order chi connectivity index (χ1) is 13.4. The second-order valence-electron chi connectivity index (χ2n) is 5.65. The van der Waals surface area contributed by atoms with Crippen molar-refractivity contribution in [3.63, 3.8) is 0 Å². The number of hydrogen-bond donors (Lipinski definition) is 2. The summed E-state index contributed by atoms with van der Waals surface area (Å²) in [5.41, 5.74) is 0.399. The van der Waals surface area contributed by atoms with E-state index < -0.39 is 30.2 Å². The van der Waals surface area contributed by atoms with Gasteiger partial charge in [0.05, 0.1) is 5.69 Å². The summed E-state index contributed by atoms with van der Waals surface area (Å²) in [6, 6.07) is 11.4. The van der Waals surface area contributed by atoms with Gasteiger partial charge in [-0.2, -0.15) is 0 Å². The van der Waals surface area contributed by atoms with E-state index in [0.717, 1.165) is 4.90 Å². The van der Waals surface area contributed by atoms with Crippen LogP contribution in [0, 0.1) is 5.82 Å². The van der Waals surface area contributed by atoms with Crippen molar-refractivity contribution < 1.29 is 28.6 Å². The molecule has 1 fully saturated rings. The quantitative estimate of drug-likeness (QED) is 0.454. The Bertz CT molecular complexity index is 1000. The van der Waals surface area contributed by atoms with E-state index in [1.807, 2.05) is 0 Å². The zero-order chi connectivity index (χ0) is 20.3. The largest absolute Gasteiger partial charge is 0.481 e. The Hall–Kier alpha value is -3.59. The molecule has 0 atom stereocenters. The first-order valence-corrected chi connectivity index (χ1v) is 8.38. The number of carbonyl (C=O) groups excluding carboxylic acids is 2. The van der Waals surface area contributed by atoms with Crippen LogP contribution >= 0.6 is 12.2 Å². The number of nitrogens with zero attached hydrogens (tertiary/aromatic N) is 1. The van der Waals surface area contributed by atoms with Gasteiger partial charge in [-0.15, -0.1) is 0 Å². The lowest BCUT2D eigenvalue weighted by molar-refractivity contribution is -0.139. The average molecular weight is 400 g/mol. The smallest absolute Gasteiger partial charge is 0.341 e. The monoisotopic (exact) mass is 400 g/mol. The van der Waals surface area contributed by atoms with Crippen molar-refractivity contribution in [2.75, 3.05) is 11.5 Å². The van der Waals surface area contributed by atoms with Crippen LogP contribution in [0.1, 0.15) is 5.56 Å². The van der Waals surface area contributed by atoms with E-state index >= 15 is 0 Å². The molecule has 3 rings (SSSR count). The van der Waals surface area contributed by atoms with Gasteiger partial charge in [0.15, 0.2) is 11.7 Å². The van der Waals surface area contributed by atoms with Crippen LogP contribution in [0.3, 0.4) is 0 Å². The Kier molecular flexibility index (Phi) is 5.46. The number of anilines is 1. The molecule has 0 aliphatic carbocycles. The van der Waals surface area contributed by atoms with Crippen molar-refractivity contribution in [3.05, 3.63) is 65.5 Å². The molecule has 7 nitrogen and oxygen atoms in total. The normalized spacial score (nSPS) is 15.5. The first-order valence-electron chi connectivity index (χ1n) is 7.97. The Morgan fingerprint density at radius 2 is 1.86 bits per heavy atom. The summed E-state index contributed by atoms with van der Waals surface area (Å²) in [6.07, 6.45) is 1.28. The molecule has 1 heterocycles. The molecule has 28 heavy (non-hydrogen) atoms. The average Bonchev–Trinajstić information content (AvgIpc) is 2.65. The molecule has 0 spiro atoms. The predicted molar refractivity (Wildman–Crippen MR) is 102 cm³/mol. The molecule has 9 heteroatoms. The third kappa shape index (κ3) is 4.04. The lowest BCUT2D eigenvalue weighted by Gasteiger charge is -2.29. The Balaban J connectivity index is 1.98. The third-order valence-electron chi connectivity index (χ3n) is 3.76. The van der Waals surface area contributed by atoms with E-state index in [0.29, 0.717) is 5.56 Å². The number of nitrogens with one attached hydrogen (secondary N) is 1. The van der Waals surface area contributed by atoms with Crippen LogP contribution in [-0.2, 0) is 14.4 Å². The minimum atomic E-state index is -1.17. The fourth-order valence-electron chi connectivity index (χ4n) is 2.51. The van der Waals surface area contributed by atoms with Crippen molar-refractivity contribution in [1.29, 1.82) is 0 Å². The van der Waals surface area contributed by atoms with Crippen molar-refractivity contribution in [2.24, 2.45) is 0 Å². The van der Waals surface area contributed by atoms with Gasteiger partial charge in [-0.05, 0) is 48.6 Å². The zero-order valence-corrected chi connectivity index (χ0v) is 15.0. The van der Waals surface area contributed by atoms with Crippen LogP contribution in [0.25, 0.3) is 6.08 Å². The molecule has 0 saturated carbocycles. The maximum absolute atomic E-state index is 13.2. The number of aliphatic carboxylic acids is 1. The number of carbonyl (C=O) groups is 3. The summed E-state index contributed by atoms with van der Waals surface area (Å²) in [6.45, 7) is -0.577. The highest BCUT2D eigenvalue weighted by atomic mass is 32.1. The van der Waals surface area contributed by atoms with Crippen LogP contribution in [-0.4, -0.2) is 34.6 Å². The molecule has 2 amide bonds. The maximum Gasteiger partial charge on any atom is 0.341 e. The van der Waals surface area contributed by atoms with Crippen molar-refractivity contribution in [3.8, 4) is 5.75 Å². The Morgan fingerprint density at radius 3 is 2.54 bits per heavy atom. The lowest BCUT2D eigenvalue weighted by Crippen LogP contribution is -2.54. The van der Waals surface area contributed by atoms with Crippen molar-refractivity contribution in [1.82, 2.24) is 5.32 Å². The zero-order valence-electron chi connectivity index (χ0n) is 14.2. The molecule has 0 aromatic heterocycles. The highest BCUT2D eigenvalue weighted by Crippen LogP contribution is 2.25. The van der Waals surface area contributed by atoms with Gasteiger partial charge in [0.25, 0.3) is 11.8 Å². The van der Waals surface area contributed by atoms with Gasteiger partial charge in [0.2, 0.25) is 0 Å². The molecule has 2 N–H and O–H groups in total. The van der Waals surface area contributed by atoms with Gasteiger partial charge >= 0.3 is 5.97 Å². The molecular weight excluding hydrogens is 387 g/mol. The number of hydrogen-bond acceptors (Lipinski definition) is 5. The highest BCUT2D eigenvalue weighted by Gasteiger charge is 2.34. The van der Waals surface area contributed by atoms with Crippen LogP contribution in [0.2, 0.25) is 0 Å². The maximum atomic E-state index is 13.2. The second-order valence-corrected chi connectivity index (χ2v) is 6.04. The van der Waals surface area contributed by atoms with Gasteiger partial charge in [0, 0.05) is 5.56 Å². The summed E-state index contributed by atoms with van der Waals surface area (Å²) < 4.78 is 18.4. The molecule has 1 saturated heterocycles. The summed E-state index contributed by atoms with van der Waals surface area (Å²) in [7, 11) is 0. The predicted octanol–water partition coefficient (Wildman–Crippen LogP) is 2.12. The first kappa shape index (κ1) is 19.2. The number of halogens is 1. The molecule has 1 aliphatic heterocycles. The van der Waals surface area contributed by atoms with E-state index in [4.69, 9.17) is 22.1 Å². The molecule has 142 valence electrons. The van der Waals surface area contributed by atoms with Crippen LogP contribution in [0.4, 0.5) is 10.1 Å². The van der Waals surface area contributed by atoms with Crippen LogP contribution < -0.4 is 15.0 Å². The number of benzene rings is 2. The number of para-hydroxylation sites is 1. The number of carboxylic acid groups (broad SMARTS) is 1. The third-order valence-corrected chi connectivity index (χ3v) is 4.04. The standard InChI is InChI=1S/C19H13FN2O5S/c20-12-5-7-13(8-6-12)22-18(26)14(17(25)21-19(22)28)9-11-3-1-2-4-15(11)27-10-16(23)24/h1-9H,10H2,(H,23,24)(H,21,25,28)/b14-9-. The number of thiocarbonyl (C=S) groups is 1. The Morgan fingerprint density at radius 1 is 1.18 bits per heavy atom. The van der Waals surface area contributed by atoms with Gasteiger partial charge in [-0.25, -0.2) is 9.18 Å². The molecule has 2 aromatic carbocycles. The van der Waals surface area contributed by atoms with Crippen LogP contribution in [0.5, 0.6) is 5.75 Å². The van der Waals surface area contributed by atoms with Crippen molar-refractivity contribution in [2.45, 2.75) is 0 Å². The fourth-order valence-corrected chi connectivity index (χ4v) is 2.79.